The lowest BCUT2D eigenvalue weighted by Gasteiger charge is -2.27. The summed E-state index contributed by atoms with van der Waals surface area (Å²) in [5, 5.41) is 22.2. The Bertz CT molecular complexity index is 2950. The summed E-state index contributed by atoms with van der Waals surface area (Å²) in [4.78, 5) is 46.7. The molecule has 4 atom stereocenters. The molecular weight excluding hydrogens is 797 g/mol. The number of nitrogens with one attached hydrogen (secondary N) is 2. The van der Waals surface area contributed by atoms with E-state index >= 15 is 0 Å². The molecule has 0 spiro atoms. The Morgan fingerprint density at radius 3 is 1.12 bits per heavy atom. The van der Waals surface area contributed by atoms with Gasteiger partial charge in [-0.1, -0.05) is 121 Å². The second-order valence-electron chi connectivity index (χ2n) is 15.4. The van der Waals surface area contributed by atoms with Gasteiger partial charge in [-0.3, -0.25) is 14.6 Å². The third-order valence-electron chi connectivity index (χ3n) is 11.7. The van der Waals surface area contributed by atoms with E-state index in [0.29, 0.717) is 33.5 Å². The summed E-state index contributed by atoms with van der Waals surface area (Å²) in [7, 11) is 0. The number of esters is 2. The van der Waals surface area contributed by atoms with Crippen molar-refractivity contribution in [3.8, 4) is 56.6 Å². The van der Waals surface area contributed by atoms with Gasteiger partial charge >= 0.3 is 11.9 Å². The zero-order valence-corrected chi connectivity index (χ0v) is 35.2. The summed E-state index contributed by atoms with van der Waals surface area (Å²) in [5.41, 5.74) is 11.1. The van der Waals surface area contributed by atoms with Gasteiger partial charge in [-0.05, 0) is 72.5 Å². The fraction of sp³-hybridized carbons (Fsp3) is 0.148. The van der Waals surface area contributed by atoms with Crippen LogP contribution in [0.25, 0.3) is 78.7 Å². The molecule has 7 aromatic rings. The van der Waals surface area contributed by atoms with Crippen LogP contribution in [0.1, 0.15) is 48.5 Å². The highest BCUT2D eigenvalue weighted by molar-refractivity contribution is 5.98. The van der Waals surface area contributed by atoms with Crippen molar-refractivity contribution in [2.24, 2.45) is 11.8 Å². The smallest absolute Gasteiger partial charge is 0.324 e. The molecule has 10 nitrogen and oxygen atoms in total. The van der Waals surface area contributed by atoms with E-state index in [1.54, 1.807) is 13.8 Å². The van der Waals surface area contributed by atoms with Crippen LogP contribution in [0.5, 0.6) is 0 Å². The first-order valence-corrected chi connectivity index (χ1v) is 21.3. The number of nitrogens with zero attached hydrogens (tertiary/aromatic N) is 4. The SMILES string of the molecule is CCOC(=O)C(C#N)[C@@H]1c2nc(c(-c3ccccc3)c3ccc([nH]3)c(-c3ccccc3)c3nc(c(-c4ccccc4)c4ccc([nH]4)c2-c2ccccc2)C=C3)[C@H]1C(C#N)C(=O)OCC. The molecular formula is C54H42N6O4. The molecule has 0 fully saturated rings. The first kappa shape index (κ1) is 41.0. The molecule has 4 aromatic carbocycles. The van der Waals surface area contributed by atoms with Crippen LogP contribution in [0.2, 0.25) is 0 Å². The fourth-order valence-electron chi connectivity index (χ4n) is 9.02. The van der Waals surface area contributed by atoms with E-state index < -0.39 is 35.6 Å². The maximum atomic E-state index is 14.2. The van der Waals surface area contributed by atoms with Crippen molar-refractivity contribution in [2.75, 3.05) is 13.2 Å². The molecule has 8 bridgehead atoms. The maximum absolute atomic E-state index is 14.2. The van der Waals surface area contributed by atoms with Crippen molar-refractivity contribution in [3.63, 3.8) is 0 Å². The van der Waals surface area contributed by atoms with Gasteiger partial charge in [0.15, 0.2) is 11.8 Å². The van der Waals surface area contributed by atoms with Gasteiger partial charge in [0.25, 0.3) is 0 Å². The average Bonchev–Trinajstić information content (AvgIpc) is 4.17. The molecule has 0 saturated heterocycles. The lowest BCUT2D eigenvalue weighted by molar-refractivity contribution is -0.150. The average molecular weight is 839 g/mol. The van der Waals surface area contributed by atoms with Crippen molar-refractivity contribution >= 4 is 46.2 Å². The molecule has 2 aliphatic rings. The van der Waals surface area contributed by atoms with Gasteiger partial charge in [0.1, 0.15) is 0 Å². The Morgan fingerprint density at radius 2 is 0.812 bits per heavy atom. The molecule has 64 heavy (non-hydrogen) atoms. The quantitative estimate of drug-likeness (QED) is 0.129. The predicted molar refractivity (Wildman–Crippen MR) is 249 cm³/mol. The van der Waals surface area contributed by atoms with Crippen LogP contribution in [0.15, 0.2) is 146 Å². The van der Waals surface area contributed by atoms with Crippen molar-refractivity contribution in [2.45, 2.75) is 25.7 Å². The Kier molecular flexibility index (Phi) is 11.5. The summed E-state index contributed by atoms with van der Waals surface area (Å²) in [5.74, 6) is -6.89. The Morgan fingerprint density at radius 1 is 0.500 bits per heavy atom. The van der Waals surface area contributed by atoms with E-state index in [9.17, 15) is 20.1 Å². The van der Waals surface area contributed by atoms with E-state index in [0.717, 1.165) is 55.8 Å². The second kappa shape index (κ2) is 17.9. The highest BCUT2D eigenvalue weighted by atomic mass is 16.5. The third-order valence-corrected chi connectivity index (χ3v) is 11.7. The van der Waals surface area contributed by atoms with Gasteiger partial charge in [-0.2, -0.15) is 10.5 Å². The topological polar surface area (TPSA) is 158 Å². The van der Waals surface area contributed by atoms with E-state index in [1.807, 2.05) is 158 Å². The Hall–Kier alpha value is -8.34. The summed E-state index contributed by atoms with van der Waals surface area (Å²) in [6.07, 6.45) is 4.06. The summed E-state index contributed by atoms with van der Waals surface area (Å²) < 4.78 is 11.2. The standard InChI is InChI=1S/C54H42N6O4/c1-3-63-53(61)37(31-55)49-50(38(32-56)54(62)64-4-2)52-48(36-23-15-8-16-24-36)44-30-28-42(59-44)46(34-19-11-6-12-20-34)40-26-25-39(57-40)45(33-17-9-5-10-18-33)41-27-29-43(58-41)47(51(49)60-52)35-21-13-7-14-22-35/h5-30,37-38,49-50,58-59H,3-4H2,1-2H3/t37?,38?,49-,50-/m0/s1. The van der Waals surface area contributed by atoms with E-state index in [1.165, 1.54) is 0 Å². The van der Waals surface area contributed by atoms with Crippen LogP contribution >= 0.6 is 0 Å². The van der Waals surface area contributed by atoms with Crippen LogP contribution < -0.4 is 0 Å². The Balaban J connectivity index is 1.55. The minimum atomic E-state index is -1.49. The van der Waals surface area contributed by atoms with Crippen molar-refractivity contribution < 1.29 is 19.1 Å². The van der Waals surface area contributed by atoms with Crippen LogP contribution in [-0.4, -0.2) is 45.1 Å². The minimum Gasteiger partial charge on any atom is -0.465 e. The van der Waals surface area contributed by atoms with Gasteiger partial charge in [0.2, 0.25) is 0 Å². The number of nitriles is 2. The van der Waals surface area contributed by atoms with Crippen molar-refractivity contribution in [1.29, 1.82) is 10.5 Å². The number of ether oxygens (including phenoxy) is 2. The number of hydrogen-bond donors (Lipinski definition) is 2. The lowest BCUT2D eigenvalue weighted by Crippen LogP contribution is -2.32. The molecule has 0 aliphatic carbocycles. The number of benzene rings is 4. The third kappa shape index (κ3) is 7.52. The zero-order chi connectivity index (χ0) is 44.2. The van der Waals surface area contributed by atoms with Gasteiger partial charge in [-0.25, -0.2) is 4.98 Å². The predicted octanol–water partition coefficient (Wildman–Crippen LogP) is 11.4. The number of fused-ring (bicyclic) bond motifs is 8. The first-order chi connectivity index (χ1) is 31.4. The van der Waals surface area contributed by atoms with Gasteiger partial charge < -0.3 is 19.4 Å². The summed E-state index contributed by atoms with van der Waals surface area (Å²) >= 11 is 0. The number of carbonyl (C=O) groups is 2. The second-order valence-corrected chi connectivity index (χ2v) is 15.4. The van der Waals surface area contributed by atoms with Crippen molar-refractivity contribution in [3.05, 3.63) is 168 Å². The number of aromatic nitrogens is 4. The number of H-pyrrole nitrogens is 2. The molecule has 5 heterocycles. The van der Waals surface area contributed by atoms with Gasteiger partial charge in [-0.15, -0.1) is 0 Å². The number of hydrogen-bond acceptors (Lipinski definition) is 8. The molecule has 10 heteroatoms. The van der Waals surface area contributed by atoms with E-state index in [2.05, 4.69) is 22.1 Å². The molecule has 2 unspecified atom stereocenters. The Labute approximate surface area is 370 Å². The molecule has 0 amide bonds. The molecule has 2 aliphatic heterocycles. The number of carbonyl (C=O) groups excluding carboxylic acids is 2. The maximum Gasteiger partial charge on any atom is 0.324 e. The summed E-state index contributed by atoms with van der Waals surface area (Å²) in [6.45, 7) is 3.36. The minimum absolute atomic E-state index is 0.00851. The lowest BCUT2D eigenvalue weighted by atomic mass is 9.72. The van der Waals surface area contributed by atoms with Crippen LogP contribution in [-0.2, 0) is 19.1 Å². The van der Waals surface area contributed by atoms with E-state index in [4.69, 9.17) is 19.4 Å². The fourth-order valence-corrected chi connectivity index (χ4v) is 9.02. The van der Waals surface area contributed by atoms with Crippen LogP contribution in [0, 0.1) is 34.5 Å². The van der Waals surface area contributed by atoms with Gasteiger partial charge in [0.05, 0.1) is 48.1 Å². The van der Waals surface area contributed by atoms with Crippen LogP contribution in [0.3, 0.4) is 0 Å². The largest absolute Gasteiger partial charge is 0.465 e. The molecule has 0 radical (unpaired) electrons. The highest BCUT2D eigenvalue weighted by Crippen LogP contribution is 2.53. The van der Waals surface area contributed by atoms with Crippen molar-refractivity contribution in [1.82, 2.24) is 19.9 Å². The molecule has 9 rings (SSSR count). The molecule has 312 valence electrons. The van der Waals surface area contributed by atoms with Gasteiger partial charge in [0, 0.05) is 56.2 Å². The molecule has 2 N–H and O–H groups in total. The number of aromatic amines is 2. The first-order valence-electron chi connectivity index (χ1n) is 21.3. The number of rotatable bonds is 10. The molecule has 3 aromatic heterocycles. The highest BCUT2D eigenvalue weighted by Gasteiger charge is 2.51. The van der Waals surface area contributed by atoms with Crippen LogP contribution in [0.4, 0.5) is 0 Å². The van der Waals surface area contributed by atoms with E-state index in [-0.39, 0.29) is 13.2 Å². The molecule has 0 saturated carbocycles. The summed E-state index contributed by atoms with van der Waals surface area (Å²) in [6, 6.07) is 51.6. The normalized spacial score (nSPS) is 15.1. The zero-order valence-electron chi connectivity index (χ0n) is 35.2. The monoisotopic (exact) mass is 838 g/mol.